The van der Waals surface area contributed by atoms with Crippen LogP contribution in [0, 0.1) is 6.92 Å². The Bertz CT molecular complexity index is 520. The van der Waals surface area contributed by atoms with Gasteiger partial charge in [0, 0.05) is 32.6 Å². The molecule has 1 amide bonds. The Labute approximate surface area is 137 Å². The van der Waals surface area contributed by atoms with Crippen LogP contribution in [0.2, 0.25) is 0 Å². The van der Waals surface area contributed by atoms with Crippen LogP contribution in [-0.4, -0.2) is 59.5 Å². The fraction of sp³-hybridized carbons (Fsp3) is 0.556. The van der Waals surface area contributed by atoms with E-state index < -0.39 is 5.97 Å². The van der Waals surface area contributed by atoms with Crippen molar-refractivity contribution in [1.29, 1.82) is 0 Å². The van der Waals surface area contributed by atoms with Crippen LogP contribution in [-0.2, 0) is 16.0 Å². The van der Waals surface area contributed by atoms with Crippen LogP contribution in [0.25, 0.3) is 0 Å². The van der Waals surface area contributed by atoms with E-state index in [1.165, 1.54) is 5.56 Å². The van der Waals surface area contributed by atoms with Crippen LogP contribution in [0.1, 0.15) is 30.4 Å². The maximum Gasteiger partial charge on any atom is 0.303 e. The summed E-state index contributed by atoms with van der Waals surface area (Å²) in [6, 6.07) is 8.12. The summed E-state index contributed by atoms with van der Waals surface area (Å²) in [7, 11) is 0. The van der Waals surface area contributed by atoms with Crippen molar-refractivity contribution in [2.45, 2.75) is 32.6 Å². The normalized spacial score (nSPS) is 15.6. The van der Waals surface area contributed by atoms with Crippen LogP contribution in [0.15, 0.2) is 24.3 Å². The van der Waals surface area contributed by atoms with Gasteiger partial charge in [0.1, 0.15) is 0 Å². The molecule has 1 fully saturated rings. The fourth-order valence-corrected chi connectivity index (χ4v) is 2.82. The van der Waals surface area contributed by atoms with Crippen LogP contribution in [0.3, 0.4) is 0 Å². The summed E-state index contributed by atoms with van der Waals surface area (Å²) in [6.45, 7) is 6.27. The van der Waals surface area contributed by atoms with E-state index in [0.29, 0.717) is 6.42 Å². The van der Waals surface area contributed by atoms with Gasteiger partial charge in [-0.3, -0.25) is 14.5 Å². The molecule has 126 valence electrons. The number of hydrogen-bond donors (Lipinski definition) is 1. The molecule has 0 bridgehead atoms. The lowest BCUT2D eigenvalue weighted by Gasteiger charge is -2.34. The summed E-state index contributed by atoms with van der Waals surface area (Å²) >= 11 is 0. The molecule has 1 aromatic carbocycles. The van der Waals surface area contributed by atoms with Gasteiger partial charge >= 0.3 is 5.97 Å². The van der Waals surface area contributed by atoms with Crippen molar-refractivity contribution in [3.05, 3.63) is 35.4 Å². The zero-order chi connectivity index (χ0) is 16.7. The van der Waals surface area contributed by atoms with Gasteiger partial charge < -0.3 is 10.0 Å². The van der Waals surface area contributed by atoms with Crippen LogP contribution < -0.4 is 0 Å². The summed E-state index contributed by atoms with van der Waals surface area (Å²) in [5.74, 6) is -0.532. The zero-order valence-electron chi connectivity index (χ0n) is 13.8. The Balaban J connectivity index is 1.68. The van der Waals surface area contributed by atoms with Crippen molar-refractivity contribution in [3.8, 4) is 0 Å². The van der Waals surface area contributed by atoms with E-state index in [0.717, 1.165) is 51.1 Å². The second-order valence-electron chi connectivity index (χ2n) is 6.24. The summed E-state index contributed by atoms with van der Waals surface area (Å²) in [5, 5.41) is 8.62. The SMILES string of the molecule is Cc1ccc(CC(=O)N2CCN(CCCCC(=O)O)CC2)cc1. The molecule has 1 aliphatic rings. The molecule has 0 aliphatic carbocycles. The highest BCUT2D eigenvalue weighted by atomic mass is 16.4. The smallest absolute Gasteiger partial charge is 0.303 e. The lowest BCUT2D eigenvalue weighted by atomic mass is 10.1. The highest BCUT2D eigenvalue weighted by molar-refractivity contribution is 5.78. The molecular weight excluding hydrogens is 292 g/mol. The molecule has 0 radical (unpaired) electrons. The molecule has 1 aliphatic heterocycles. The quantitative estimate of drug-likeness (QED) is 0.781. The summed E-state index contributed by atoms with van der Waals surface area (Å²) < 4.78 is 0. The number of unbranched alkanes of at least 4 members (excludes halogenated alkanes) is 1. The van der Waals surface area contributed by atoms with E-state index >= 15 is 0 Å². The van der Waals surface area contributed by atoms with E-state index in [9.17, 15) is 9.59 Å². The molecule has 0 spiro atoms. The molecule has 5 heteroatoms. The Morgan fingerprint density at radius 2 is 1.70 bits per heavy atom. The topological polar surface area (TPSA) is 60.9 Å². The van der Waals surface area contributed by atoms with Gasteiger partial charge in [-0.25, -0.2) is 0 Å². The van der Waals surface area contributed by atoms with Crippen molar-refractivity contribution < 1.29 is 14.7 Å². The average molecular weight is 318 g/mol. The van der Waals surface area contributed by atoms with Gasteiger partial charge in [-0.1, -0.05) is 29.8 Å². The number of aryl methyl sites for hydroxylation is 1. The van der Waals surface area contributed by atoms with Crippen LogP contribution >= 0.6 is 0 Å². The molecule has 0 saturated carbocycles. The number of carbonyl (C=O) groups excluding carboxylic acids is 1. The zero-order valence-corrected chi connectivity index (χ0v) is 13.8. The van der Waals surface area contributed by atoms with E-state index in [4.69, 9.17) is 5.11 Å². The number of benzene rings is 1. The minimum Gasteiger partial charge on any atom is -0.481 e. The number of nitrogens with zero attached hydrogens (tertiary/aromatic N) is 2. The van der Waals surface area contributed by atoms with Gasteiger partial charge in [-0.15, -0.1) is 0 Å². The number of carboxylic acids is 1. The molecule has 1 heterocycles. The first-order valence-electron chi connectivity index (χ1n) is 8.32. The predicted octanol–water partition coefficient (Wildman–Crippen LogP) is 1.94. The Hall–Kier alpha value is -1.88. The average Bonchev–Trinajstić information content (AvgIpc) is 2.54. The first-order valence-corrected chi connectivity index (χ1v) is 8.32. The molecule has 23 heavy (non-hydrogen) atoms. The third kappa shape index (κ3) is 6.02. The Morgan fingerprint density at radius 3 is 2.30 bits per heavy atom. The lowest BCUT2D eigenvalue weighted by Crippen LogP contribution is -2.49. The third-order valence-electron chi connectivity index (χ3n) is 4.32. The monoisotopic (exact) mass is 318 g/mol. The second kappa shape index (κ2) is 8.67. The van der Waals surface area contributed by atoms with Crippen molar-refractivity contribution in [3.63, 3.8) is 0 Å². The number of amides is 1. The van der Waals surface area contributed by atoms with Gasteiger partial charge in [0.25, 0.3) is 0 Å². The molecular formula is C18H26N2O3. The summed E-state index contributed by atoms with van der Waals surface area (Å²) in [4.78, 5) is 27.1. The maximum absolute atomic E-state index is 12.3. The number of carbonyl (C=O) groups is 2. The molecule has 0 atom stereocenters. The molecule has 1 N–H and O–H groups in total. The van der Waals surface area contributed by atoms with Crippen molar-refractivity contribution in [2.75, 3.05) is 32.7 Å². The highest BCUT2D eigenvalue weighted by Gasteiger charge is 2.20. The molecule has 0 aromatic heterocycles. The molecule has 0 unspecified atom stereocenters. The maximum atomic E-state index is 12.3. The predicted molar refractivity (Wildman–Crippen MR) is 89.4 cm³/mol. The second-order valence-corrected chi connectivity index (χ2v) is 6.24. The number of carboxylic acid groups (broad SMARTS) is 1. The highest BCUT2D eigenvalue weighted by Crippen LogP contribution is 2.09. The lowest BCUT2D eigenvalue weighted by molar-refractivity contribution is -0.137. The number of rotatable bonds is 7. The van der Waals surface area contributed by atoms with Gasteiger partial charge in [0.2, 0.25) is 5.91 Å². The van der Waals surface area contributed by atoms with Crippen molar-refractivity contribution >= 4 is 11.9 Å². The third-order valence-corrected chi connectivity index (χ3v) is 4.32. The number of aliphatic carboxylic acids is 1. The summed E-state index contributed by atoms with van der Waals surface area (Å²) in [5.41, 5.74) is 2.27. The van der Waals surface area contributed by atoms with Crippen LogP contribution in [0.5, 0.6) is 0 Å². The van der Waals surface area contributed by atoms with E-state index in [1.54, 1.807) is 0 Å². The van der Waals surface area contributed by atoms with E-state index in [2.05, 4.69) is 4.90 Å². The van der Waals surface area contributed by atoms with Gasteiger partial charge in [-0.05, 0) is 31.9 Å². The van der Waals surface area contributed by atoms with E-state index in [-0.39, 0.29) is 12.3 Å². The number of piperazine rings is 1. The van der Waals surface area contributed by atoms with Gasteiger partial charge in [-0.2, -0.15) is 0 Å². The van der Waals surface area contributed by atoms with Gasteiger partial charge in [0.15, 0.2) is 0 Å². The fourth-order valence-electron chi connectivity index (χ4n) is 2.82. The Morgan fingerprint density at radius 1 is 1.04 bits per heavy atom. The molecule has 1 saturated heterocycles. The van der Waals surface area contributed by atoms with E-state index in [1.807, 2.05) is 36.1 Å². The largest absolute Gasteiger partial charge is 0.481 e. The molecule has 1 aromatic rings. The molecule has 2 rings (SSSR count). The Kier molecular flexibility index (Phi) is 6.59. The van der Waals surface area contributed by atoms with Crippen molar-refractivity contribution in [1.82, 2.24) is 9.80 Å². The van der Waals surface area contributed by atoms with Crippen molar-refractivity contribution in [2.24, 2.45) is 0 Å². The standard InChI is InChI=1S/C18H26N2O3/c1-15-5-7-16(8-6-15)14-17(21)20-12-10-19(11-13-20)9-3-2-4-18(22)23/h5-8H,2-4,9-14H2,1H3,(H,22,23). The molecule has 5 nitrogen and oxygen atoms in total. The summed E-state index contributed by atoms with van der Waals surface area (Å²) in [6.07, 6.45) is 2.35. The van der Waals surface area contributed by atoms with Crippen LogP contribution in [0.4, 0.5) is 0 Å². The minimum atomic E-state index is -0.725. The first kappa shape index (κ1) is 17.5. The first-order chi connectivity index (χ1) is 11.0. The number of hydrogen-bond acceptors (Lipinski definition) is 3. The van der Waals surface area contributed by atoms with Gasteiger partial charge in [0.05, 0.1) is 6.42 Å². The minimum absolute atomic E-state index is 0.194.